The molecule has 1 aliphatic heterocycles. The summed E-state index contributed by atoms with van der Waals surface area (Å²) in [7, 11) is 1.71. The van der Waals surface area contributed by atoms with Crippen molar-refractivity contribution in [3.63, 3.8) is 0 Å². The van der Waals surface area contributed by atoms with E-state index >= 15 is 0 Å². The smallest absolute Gasteiger partial charge is 0.209 e. The van der Waals surface area contributed by atoms with Gasteiger partial charge in [0.15, 0.2) is 11.6 Å². The van der Waals surface area contributed by atoms with Crippen LogP contribution in [0.2, 0.25) is 0 Å². The van der Waals surface area contributed by atoms with Gasteiger partial charge in [0, 0.05) is 17.1 Å². The third-order valence-corrected chi connectivity index (χ3v) is 4.61. The number of carbonyl (C=O) groups is 1. The summed E-state index contributed by atoms with van der Waals surface area (Å²) >= 11 is 3.53. The first-order valence-electron chi connectivity index (χ1n) is 7.49. The number of amides is 1. The molecule has 0 saturated heterocycles. The van der Waals surface area contributed by atoms with Crippen LogP contribution < -0.4 is 0 Å². The zero-order valence-corrected chi connectivity index (χ0v) is 14.9. The van der Waals surface area contributed by atoms with Gasteiger partial charge in [-0.1, -0.05) is 15.9 Å². The van der Waals surface area contributed by atoms with Crippen molar-refractivity contribution in [3.05, 3.63) is 46.2 Å². The number of carbonyl (C=O) groups excluding carboxylic acids is 1. The lowest BCUT2D eigenvalue weighted by atomic mass is 10.1. The lowest BCUT2D eigenvalue weighted by Gasteiger charge is -2.09. The van der Waals surface area contributed by atoms with Crippen molar-refractivity contribution < 1.29 is 4.79 Å². The molecule has 7 nitrogen and oxygen atoms in total. The number of hydrogen-bond acceptors (Lipinski definition) is 4. The molecule has 0 radical (unpaired) electrons. The van der Waals surface area contributed by atoms with Gasteiger partial charge in [0.25, 0.3) is 0 Å². The Hall–Kier alpha value is -2.48. The largest absolute Gasteiger partial charge is 0.341 e. The van der Waals surface area contributed by atoms with Crippen LogP contribution in [-0.4, -0.2) is 42.7 Å². The summed E-state index contributed by atoms with van der Waals surface area (Å²) < 4.78 is 4.94. The van der Waals surface area contributed by atoms with Crippen molar-refractivity contribution >= 4 is 22.3 Å². The van der Waals surface area contributed by atoms with Gasteiger partial charge in [-0.3, -0.25) is 4.79 Å². The average Bonchev–Trinajstić information content (AvgIpc) is 3.09. The van der Waals surface area contributed by atoms with Crippen molar-refractivity contribution in [2.24, 2.45) is 0 Å². The number of imidazole rings is 1. The summed E-state index contributed by atoms with van der Waals surface area (Å²) in [4.78, 5) is 21.5. The molecule has 1 amide bonds. The molecule has 0 aliphatic carbocycles. The number of fused-ring (bicyclic) bond motifs is 5. The molecule has 0 N–H and O–H groups in total. The van der Waals surface area contributed by atoms with Gasteiger partial charge in [-0.05, 0) is 25.1 Å². The minimum absolute atomic E-state index is 0.380. The third-order valence-electron chi connectivity index (χ3n) is 4.12. The average molecular weight is 387 g/mol. The first-order valence-corrected chi connectivity index (χ1v) is 8.28. The van der Waals surface area contributed by atoms with Gasteiger partial charge in [0.1, 0.15) is 0 Å². The summed E-state index contributed by atoms with van der Waals surface area (Å²) in [6.45, 7) is 2.96. The number of hydrogen-bond donors (Lipinski definition) is 0. The Kier molecular flexibility index (Phi) is 3.49. The van der Waals surface area contributed by atoms with Crippen molar-refractivity contribution in [2.75, 3.05) is 7.05 Å². The molecule has 0 saturated carbocycles. The molecule has 0 spiro atoms. The monoisotopic (exact) mass is 386 g/mol. The number of aryl methyl sites for hydroxylation is 1. The number of aromatic nitrogens is 5. The van der Waals surface area contributed by atoms with Gasteiger partial charge in [0.05, 0.1) is 36.5 Å². The summed E-state index contributed by atoms with van der Waals surface area (Å²) in [6.07, 6.45) is 2.61. The standard InChI is InChI=1S/C16H15BrN6O/c1-10-14-6-23-16(19-15(20-23)7-21(2)9-24)12-5-11(17)3-4-13(12)22(14)8-18-10/h3-5,8-9H,6-7H2,1-2H3. The number of rotatable bonds is 3. The molecule has 3 aromatic rings. The van der Waals surface area contributed by atoms with Crippen LogP contribution in [0.3, 0.4) is 0 Å². The van der Waals surface area contributed by atoms with Crippen LogP contribution in [-0.2, 0) is 17.9 Å². The van der Waals surface area contributed by atoms with Crippen LogP contribution in [0.4, 0.5) is 0 Å². The topological polar surface area (TPSA) is 68.8 Å². The molecular weight excluding hydrogens is 372 g/mol. The van der Waals surface area contributed by atoms with Gasteiger partial charge in [-0.25, -0.2) is 14.6 Å². The Morgan fingerprint density at radius 1 is 1.42 bits per heavy atom. The minimum atomic E-state index is 0.380. The van der Waals surface area contributed by atoms with Crippen molar-refractivity contribution in [2.45, 2.75) is 20.0 Å². The quantitative estimate of drug-likeness (QED) is 0.506. The van der Waals surface area contributed by atoms with Crippen molar-refractivity contribution in [3.8, 4) is 17.1 Å². The van der Waals surface area contributed by atoms with Gasteiger partial charge >= 0.3 is 0 Å². The fourth-order valence-electron chi connectivity index (χ4n) is 2.93. The van der Waals surface area contributed by atoms with E-state index in [-0.39, 0.29) is 0 Å². The Morgan fingerprint density at radius 3 is 3.04 bits per heavy atom. The molecule has 24 heavy (non-hydrogen) atoms. The lowest BCUT2D eigenvalue weighted by molar-refractivity contribution is -0.117. The van der Waals surface area contributed by atoms with Crippen LogP contribution in [0.25, 0.3) is 17.1 Å². The lowest BCUT2D eigenvalue weighted by Crippen LogP contribution is -2.16. The Bertz CT molecular complexity index is 944. The molecule has 2 aromatic heterocycles. The summed E-state index contributed by atoms with van der Waals surface area (Å²) in [5.74, 6) is 1.42. The zero-order valence-electron chi connectivity index (χ0n) is 13.3. The van der Waals surface area contributed by atoms with E-state index < -0.39 is 0 Å². The van der Waals surface area contributed by atoms with Crippen LogP contribution >= 0.6 is 15.9 Å². The van der Waals surface area contributed by atoms with E-state index in [2.05, 4.69) is 35.6 Å². The third kappa shape index (κ3) is 2.34. The highest BCUT2D eigenvalue weighted by atomic mass is 79.9. The fraction of sp³-hybridized carbons (Fsp3) is 0.250. The van der Waals surface area contributed by atoms with Crippen LogP contribution in [0.15, 0.2) is 29.0 Å². The van der Waals surface area contributed by atoms with Crippen LogP contribution in [0, 0.1) is 6.92 Å². The van der Waals surface area contributed by atoms with E-state index in [0.717, 1.165) is 39.3 Å². The Labute approximate surface area is 147 Å². The normalized spacial score (nSPS) is 12.1. The van der Waals surface area contributed by atoms with Crippen LogP contribution in [0.5, 0.6) is 0 Å². The highest BCUT2D eigenvalue weighted by Crippen LogP contribution is 2.33. The van der Waals surface area contributed by atoms with Gasteiger partial charge in [-0.2, -0.15) is 5.10 Å². The maximum Gasteiger partial charge on any atom is 0.209 e. The second-order valence-electron chi connectivity index (χ2n) is 5.84. The summed E-state index contributed by atoms with van der Waals surface area (Å²) in [5, 5.41) is 4.60. The summed E-state index contributed by atoms with van der Waals surface area (Å²) in [5.41, 5.74) is 4.06. The first kappa shape index (κ1) is 15.1. The highest BCUT2D eigenvalue weighted by Gasteiger charge is 2.24. The molecule has 0 fully saturated rings. The maximum absolute atomic E-state index is 10.9. The molecule has 4 rings (SSSR count). The molecule has 0 unspecified atom stereocenters. The number of halogens is 1. The SMILES string of the molecule is Cc1ncn2c1Cn1nc(CN(C)C=O)nc1-c1cc(Br)ccc1-2. The van der Waals surface area contributed by atoms with E-state index in [1.54, 1.807) is 7.05 Å². The molecule has 1 aliphatic rings. The van der Waals surface area contributed by atoms with Crippen molar-refractivity contribution in [1.82, 2.24) is 29.2 Å². The van der Waals surface area contributed by atoms with Crippen molar-refractivity contribution in [1.29, 1.82) is 0 Å². The van der Waals surface area contributed by atoms with Gasteiger partial charge in [-0.15, -0.1) is 0 Å². The molecule has 3 heterocycles. The summed E-state index contributed by atoms with van der Waals surface area (Å²) in [6, 6.07) is 6.09. The predicted octanol–water partition coefficient (Wildman–Crippen LogP) is 2.15. The highest BCUT2D eigenvalue weighted by molar-refractivity contribution is 9.10. The van der Waals surface area contributed by atoms with Gasteiger partial charge < -0.3 is 9.47 Å². The predicted molar refractivity (Wildman–Crippen MR) is 91.7 cm³/mol. The molecular formula is C16H15BrN6O. The van der Waals surface area contributed by atoms with E-state index in [1.807, 2.05) is 36.1 Å². The molecule has 122 valence electrons. The Balaban J connectivity index is 1.92. The van der Waals surface area contributed by atoms with E-state index in [9.17, 15) is 4.79 Å². The molecule has 0 bridgehead atoms. The van der Waals surface area contributed by atoms with Gasteiger partial charge in [0.2, 0.25) is 6.41 Å². The van der Waals surface area contributed by atoms with E-state index in [1.165, 1.54) is 4.90 Å². The van der Waals surface area contributed by atoms with E-state index in [4.69, 9.17) is 0 Å². The number of benzene rings is 1. The molecule has 1 aromatic carbocycles. The maximum atomic E-state index is 10.9. The minimum Gasteiger partial charge on any atom is -0.341 e. The number of nitrogens with zero attached hydrogens (tertiary/aromatic N) is 6. The zero-order chi connectivity index (χ0) is 16.8. The second kappa shape index (κ2) is 5.55. The van der Waals surface area contributed by atoms with Crippen LogP contribution in [0.1, 0.15) is 17.2 Å². The van der Waals surface area contributed by atoms with E-state index in [0.29, 0.717) is 18.9 Å². The first-order chi connectivity index (χ1) is 11.6. The Morgan fingerprint density at radius 2 is 2.25 bits per heavy atom. The fourth-order valence-corrected chi connectivity index (χ4v) is 3.29. The second-order valence-corrected chi connectivity index (χ2v) is 6.75. The molecule has 0 atom stereocenters. The molecule has 8 heteroatoms.